The quantitative estimate of drug-likeness (QED) is 0.685. The Labute approximate surface area is 147 Å². The lowest BCUT2D eigenvalue weighted by atomic mass is 10.2. The number of likely N-dealkylation sites (tertiary alicyclic amines) is 1. The smallest absolute Gasteiger partial charge is 0.326 e. The maximum absolute atomic E-state index is 12.3. The van der Waals surface area contributed by atoms with E-state index in [4.69, 9.17) is 14.2 Å². The second kappa shape index (κ2) is 9.27. The van der Waals surface area contributed by atoms with E-state index < -0.39 is 12.0 Å². The first-order chi connectivity index (χ1) is 12.1. The molecule has 1 amide bonds. The molecule has 1 N–H and O–H groups in total. The Morgan fingerprint density at radius 2 is 1.92 bits per heavy atom. The highest BCUT2D eigenvalue weighted by atomic mass is 16.5. The molecular weight excluding hydrogens is 326 g/mol. The fourth-order valence-electron chi connectivity index (χ4n) is 2.87. The predicted molar refractivity (Wildman–Crippen MR) is 90.9 cm³/mol. The van der Waals surface area contributed by atoms with Gasteiger partial charge in [0.05, 0.1) is 19.3 Å². The van der Waals surface area contributed by atoms with Crippen LogP contribution in [0.5, 0.6) is 11.5 Å². The number of methoxy groups -OCH3 is 1. The van der Waals surface area contributed by atoms with Crippen molar-refractivity contribution in [2.75, 3.05) is 26.9 Å². The molecule has 2 rings (SSSR count). The van der Waals surface area contributed by atoms with Crippen molar-refractivity contribution in [2.45, 2.75) is 38.3 Å². The molecule has 25 heavy (non-hydrogen) atoms. The fourth-order valence-corrected chi connectivity index (χ4v) is 2.87. The molecule has 2 unspecified atom stereocenters. The summed E-state index contributed by atoms with van der Waals surface area (Å²) in [6.07, 6.45) is 0.839. The number of aliphatic carboxylic acids is 1. The van der Waals surface area contributed by atoms with Crippen molar-refractivity contribution in [1.82, 2.24) is 4.90 Å². The summed E-state index contributed by atoms with van der Waals surface area (Å²) < 4.78 is 16.4. The van der Waals surface area contributed by atoms with Crippen LogP contribution in [-0.2, 0) is 14.3 Å². The van der Waals surface area contributed by atoms with Gasteiger partial charge in [0.1, 0.15) is 6.04 Å². The highest BCUT2D eigenvalue weighted by Crippen LogP contribution is 2.26. The Bertz CT molecular complexity index is 591. The van der Waals surface area contributed by atoms with Gasteiger partial charge in [-0.1, -0.05) is 12.1 Å². The standard InChI is InChI=1S/C18H25NO6/c1-3-24-15-7-4-5-8-16(15)25-10-6-9-17(20)19-12-13(23-2)11-14(19)18(21)22/h4-5,7-8,13-14H,3,6,9-12H2,1-2H3,(H,21,22). The number of benzene rings is 1. The molecule has 1 heterocycles. The molecule has 138 valence electrons. The predicted octanol–water partition coefficient (Wildman–Crippen LogP) is 1.94. The number of amides is 1. The van der Waals surface area contributed by atoms with Crippen molar-refractivity contribution < 1.29 is 28.9 Å². The molecule has 1 aliphatic rings. The minimum atomic E-state index is -0.991. The Morgan fingerprint density at radius 3 is 2.52 bits per heavy atom. The van der Waals surface area contributed by atoms with E-state index in [1.807, 2.05) is 31.2 Å². The van der Waals surface area contributed by atoms with Gasteiger partial charge in [0.2, 0.25) is 5.91 Å². The van der Waals surface area contributed by atoms with Gasteiger partial charge in [-0.3, -0.25) is 4.79 Å². The van der Waals surface area contributed by atoms with Crippen molar-refractivity contribution in [1.29, 1.82) is 0 Å². The highest BCUT2D eigenvalue weighted by Gasteiger charge is 2.39. The number of hydrogen-bond donors (Lipinski definition) is 1. The van der Waals surface area contributed by atoms with Crippen molar-refractivity contribution in [3.63, 3.8) is 0 Å². The summed E-state index contributed by atoms with van der Waals surface area (Å²) in [5.41, 5.74) is 0. The van der Waals surface area contributed by atoms with E-state index in [1.54, 1.807) is 0 Å². The normalized spacial score (nSPS) is 19.7. The molecule has 1 aliphatic heterocycles. The third-order valence-corrected chi connectivity index (χ3v) is 4.14. The zero-order valence-corrected chi connectivity index (χ0v) is 14.6. The fraction of sp³-hybridized carbons (Fsp3) is 0.556. The van der Waals surface area contributed by atoms with Crippen molar-refractivity contribution in [2.24, 2.45) is 0 Å². The first-order valence-corrected chi connectivity index (χ1v) is 8.46. The number of rotatable bonds is 9. The molecule has 0 aliphatic carbocycles. The molecule has 1 fully saturated rings. The number of carboxylic acid groups (broad SMARTS) is 1. The van der Waals surface area contributed by atoms with Crippen molar-refractivity contribution in [3.8, 4) is 11.5 Å². The van der Waals surface area contributed by atoms with Crippen LogP contribution in [0.1, 0.15) is 26.2 Å². The molecule has 0 saturated carbocycles. The van der Waals surface area contributed by atoms with E-state index >= 15 is 0 Å². The van der Waals surface area contributed by atoms with Crippen LogP contribution in [0.4, 0.5) is 0 Å². The second-order valence-electron chi connectivity index (χ2n) is 5.83. The third kappa shape index (κ3) is 5.09. The number of carboxylic acids is 1. The topological polar surface area (TPSA) is 85.3 Å². The molecule has 7 heteroatoms. The summed E-state index contributed by atoms with van der Waals surface area (Å²) in [4.78, 5) is 25.0. The third-order valence-electron chi connectivity index (χ3n) is 4.14. The monoisotopic (exact) mass is 351 g/mol. The number of hydrogen-bond acceptors (Lipinski definition) is 5. The lowest BCUT2D eigenvalue weighted by molar-refractivity contribution is -0.148. The van der Waals surface area contributed by atoms with Gasteiger partial charge in [-0.25, -0.2) is 4.79 Å². The molecule has 1 aromatic rings. The summed E-state index contributed by atoms with van der Waals surface area (Å²) in [5.74, 6) is 0.133. The van der Waals surface area contributed by atoms with Crippen LogP contribution >= 0.6 is 0 Å². The lowest BCUT2D eigenvalue weighted by Gasteiger charge is -2.21. The van der Waals surface area contributed by atoms with E-state index in [-0.39, 0.29) is 18.4 Å². The summed E-state index contributed by atoms with van der Waals surface area (Å²) in [6, 6.07) is 6.56. The average Bonchev–Trinajstić information content (AvgIpc) is 3.05. The van der Waals surface area contributed by atoms with Crippen LogP contribution in [0, 0.1) is 0 Å². The summed E-state index contributed by atoms with van der Waals surface area (Å²) in [6.45, 7) is 3.12. The van der Waals surface area contributed by atoms with Gasteiger partial charge >= 0.3 is 5.97 Å². The molecule has 0 bridgehead atoms. The van der Waals surface area contributed by atoms with E-state index in [9.17, 15) is 14.7 Å². The maximum atomic E-state index is 12.3. The van der Waals surface area contributed by atoms with Gasteiger partial charge in [-0.2, -0.15) is 0 Å². The molecular formula is C18H25NO6. The van der Waals surface area contributed by atoms with Gasteiger partial charge in [-0.15, -0.1) is 0 Å². The lowest BCUT2D eigenvalue weighted by Crippen LogP contribution is -2.40. The summed E-state index contributed by atoms with van der Waals surface area (Å²) in [5, 5.41) is 9.26. The largest absolute Gasteiger partial charge is 0.490 e. The molecule has 0 radical (unpaired) electrons. The Balaban J connectivity index is 1.81. The summed E-state index contributed by atoms with van der Waals surface area (Å²) >= 11 is 0. The van der Waals surface area contributed by atoms with Gasteiger partial charge in [-0.05, 0) is 25.5 Å². The van der Waals surface area contributed by atoms with Gasteiger partial charge < -0.3 is 24.2 Å². The maximum Gasteiger partial charge on any atom is 0.326 e. The average molecular weight is 351 g/mol. The molecule has 0 spiro atoms. The zero-order valence-electron chi connectivity index (χ0n) is 14.6. The SMILES string of the molecule is CCOc1ccccc1OCCCC(=O)N1CC(OC)CC1C(=O)O. The molecule has 7 nitrogen and oxygen atoms in total. The highest BCUT2D eigenvalue weighted by molar-refractivity contribution is 5.84. The number of nitrogens with zero attached hydrogens (tertiary/aromatic N) is 1. The molecule has 1 aromatic carbocycles. The van der Waals surface area contributed by atoms with Crippen molar-refractivity contribution >= 4 is 11.9 Å². The van der Waals surface area contributed by atoms with Gasteiger partial charge in [0.15, 0.2) is 11.5 Å². The van der Waals surface area contributed by atoms with Crippen LogP contribution in [0.15, 0.2) is 24.3 Å². The van der Waals surface area contributed by atoms with Gasteiger partial charge in [0, 0.05) is 26.5 Å². The van der Waals surface area contributed by atoms with Gasteiger partial charge in [0.25, 0.3) is 0 Å². The van der Waals surface area contributed by atoms with Crippen LogP contribution in [0.25, 0.3) is 0 Å². The first kappa shape index (κ1) is 19.1. The molecule has 2 atom stereocenters. The van der Waals surface area contributed by atoms with E-state index in [1.165, 1.54) is 12.0 Å². The van der Waals surface area contributed by atoms with Crippen LogP contribution in [0.2, 0.25) is 0 Å². The number of ether oxygens (including phenoxy) is 3. The molecule has 0 aromatic heterocycles. The van der Waals surface area contributed by atoms with E-state index in [0.29, 0.717) is 44.1 Å². The Hall–Kier alpha value is -2.28. The molecule has 1 saturated heterocycles. The van der Waals surface area contributed by atoms with Crippen LogP contribution in [0.3, 0.4) is 0 Å². The van der Waals surface area contributed by atoms with Crippen LogP contribution in [-0.4, -0.2) is 60.9 Å². The Kier molecular flexibility index (Phi) is 7.06. The van der Waals surface area contributed by atoms with E-state index in [0.717, 1.165) is 0 Å². The van der Waals surface area contributed by atoms with E-state index in [2.05, 4.69) is 0 Å². The van der Waals surface area contributed by atoms with Crippen LogP contribution < -0.4 is 9.47 Å². The zero-order chi connectivity index (χ0) is 18.2. The van der Waals surface area contributed by atoms with Crippen molar-refractivity contribution in [3.05, 3.63) is 24.3 Å². The first-order valence-electron chi connectivity index (χ1n) is 8.46. The number of carbonyl (C=O) groups excluding carboxylic acids is 1. The Morgan fingerprint density at radius 1 is 1.24 bits per heavy atom. The summed E-state index contributed by atoms with van der Waals surface area (Å²) in [7, 11) is 1.53. The number of para-hydroxylation sites is 2. The number of carbonyl (C=O) groups is 2. The minimum absolute atomic E-state index is 0.186. The minimum Gasteiger partial charge on any atom is -0.490 e. The second-order valence-corrected chi connectivity index (χ2v) is 5.83.